The van der Waals surface area contributed by atoms with Crippen LogP contribution in [0.25, 0.3) is 10.2 Å². The van der Waals surface area contributed by atoms with E-state index in [4.69, 9.17) is 27.9 Å². The fraction of sp³-hybridized carbons (Fsp3) is 0.455. The van der Waals surface area contributed by atoms with Crippen molar-refractivity contribution in [3.8, 4) is 5.19 Å². The zero-order valence-electron chi connectivity index (χ0n) is 23.7. The molecule has 10 heteroatoms. The van der Waals surface area contributed by atoms with Crippen LogP contribution >= 0.6 is 34.5 Å². The summed E-state index contributed by atoms with van der Waals surface area (Å²) in [6.07, 6.45) is 8.95. The first kappa shape index (κ1) is 30.1. The first-order chi connectivity index (χ1) is 20.7. The molecule has 7 nitrogen and oxygen atoms in total. The summed E-state index contributed by atoms with van der Waals surface area (Å²) in [4.78, 5) is 46.9. The average molecular weight is 642 g/mol. The van der Waals surface area contributed by atoms with E-state index in [9.17, 15) is 19.5 Å². The maximum absolute atomic E-state index is 14.3. The van der Waals surface area contributed by atoms with Crippen molar-refractivity contribution in [3.05, 3.63) is 70.2 Å². The van der Waals surface area contributed by atoms with Crippen LogP contribution in [0.1, 0.15) is 56.9 Å². The lowest BCUT2D eigenvalue weighted by atomic mass is 9.90. The molecular formula is C33H34Cl2N2O5S. The smallest absolute Gasteiger partial charge is 0.310 e. The minimum absolute atomic E-state index is 0.103. The Morgan fingerprint density at radius 3 is 2.67 bits per heavy atom. The third-order valence-electron chi connectivity index (χ3n) is 9.05. The van der Waals surface area contributed by atoms with Crippen molar-refractivity contribution in [1.29, 1.82) is 0 Å². The molecule has 1 N–H and O–H groups in total. The Morgan fingerprint density at radius 1 is 1.12 bits per heavy atom. The highest BCUT2D eigenvalue weighted by Crippen LogP contribution is 2.57. The van der Waals surface area contributed by atoms with Crippen LogP contribution in [-0.4, -0.2) is 51.3 Å². The van der Waals surface area contributed by atoms with Crippen LogP contribution in [0.3, 0.4) is 0 Å². The number of carbonyl (C=O) groups excluding carboxylic acids is 2. The van der Waals surface area contributed by atoms with Gasteiger partial charge in [0.2, 0.25) is 5.91 Å². The number of amides is 1. The normalized spacial score (nSPS) is 28.9. The van der Waals surface area contributed by atoms with E-state index in [1.165, 1.54) is 11.3 Å². The number of para-hydroxylation sites is 1. The predicted octanol–water partition coefficient (Wildman–Crippen LogP) is 7.38. The van der Waals surface area contributed by atoms with Gasteiger partial charge in [-0.25, -0.2) is 4.98 Å². The zero-order chi connectivity index (χ0) is 30.1. The number of thiazole rings is 1. The van der Waals surface area contributed by atoms with Crippen LogP contribution < -0.4 is 4.74 Å². The Bertz CT molecular complexity index is 1520. The number of allylic oxidation sites excluding steroid dienone is 2. The summed E-state index contributed by atoms with van der Waals surface area (Å²) in [6, 6.07) is 12.3. The van der Waals surface area contributed by atoms with E-state index < -0.39 is 23.5 Å². The van der Waals surface area contributed by atoms with E-state index in [-0.39, 0.29) is 36.5 Å². The first-order valence-electron chi connectivity index (χ1n) is 14.9. The number of hydrogen-bond acceptors (Lipinski definition) is 6. The van der Waals surface area contributed by atoms with Crippen molar-refractivity contribution in [2.45, 2.75) is 69.9 Å². The third kappa shape index (κ3) is 6.61. The summed E-state index contributed by atoms with van der Waals surface area (Å²) in [5.74, 6) is -1.83. The van der Waals surface area contributed by atoms with Crippen LogP contribution in [0.15, 0.2) is 54.6 Å². The molecule has 0 radical (unpaired) electrons. The van der Waals surface area contributed by atoms with Crippen LogP contribution in [0, 0.1) is 17.3 Å². The lowest BCUT2D eigenvalue weighted by molar-refractivity contribution is -0.147. The van der Waals surface area contributed by atoms with E-state index in [1.54, 1.807) is 11.0 Å². The van der Waals surface area contributed by atoms with Gasteiger partial charge in [-0.05, 0) is 73.9 Å². The van der Waals surface area contributed by atoms with Crippen LogP contribution in [0.2, 0.25) is 10.0 Å². The summed E-state index contributed by atoms with van der Waals surface area (Å²) in [5, 5.41) is 11.7. The second-order valence-corrected chi connectivity index (χ2v) is 14.0. The van der Waals surface area contributed by atoms with Gasteiger partial charge in [0.25, 0.3) is 5.19 Å². The number of benzene rings is 2. The maximum atomic E-state index is 14.3. The number of carboxylic acids is 1. The van der Waals surface area contributed by atoms with Gasteiger partial charge >= 0.3 is 5.97 Å². The number of nitrogens with zero attached hydrogens (tertiary/aromatic N) is 2. The fourth-order valence-electron chi connectivity index (χ4n) is 6.67. The summed E-state index contributed by atoms with van der Waals surface area (Å²) in [5.41, 5.74) is 0.594. The molecule has 2 fully saturated rings. The lowest BCUT2D eigenvalue weighted by Crippen LogP contribution is -2.45. The summed E-state index contributed by atoms with van der Waals surface area (Å²) >= 11 is 14.0. The van der Waals surface area contributed by atoms with Gasteiger partial charge in [-0.2, -0.15) is 0 Å². The molecule has 1 aromatic heterocycles. The summed E-state index contributed by atoms with van der Waals surface area (Å²) in [7, 11) is 0. The zero-order valence-corrected chi connectivity index (χ0v) is 26.0. The van der Waals surface area contributed by atoms with Crippen molar-refractivity contribution in [2.75, 3.05) is 6.54 Å². The molecule has 3 aromatic rings. The van der Waals surface area contributed by atoms with Gasteiger partial charge < -0.3 is 14.7 Å². The SMILES string of the molecule is O=C1C[C@]2(C(=O)O)C[C@@H]2/C=C\CCCCC[C@H](Cc2cc(Cl)cc(Cl)c2)C(=O)N2C[C@H](Oc3nc4ccccc4s3)C[C@@H]12. The number of Topliss-reactive ketones (excluding diaryl/α,β-unsaturated/α-hetero) is 1. The number of aromatic nitrogens is 1. The molecule has 5 atom stereocenters. The van der Waals surface area contributed by atoms with E-state index in [0.717, 1.165) is 41.5 Å². The summed E-state index contributed by atoms with van der Waals surface area (Å²) in [6.45, 7) is 0.237. The van der Waals surface area contributed by atoms with Crippen molar-refractivity contribution >= 4 is 62.4 Å². The quantitative estimate of drug-likeness (QED) is 0.292. The molecular weight excluding hydrogens is 607 g/mol. The Kier molecular flexibility index (Phi) is 8.81. The molecule has 0 bridgehead atoms. The van der Waals surface area contributed by atoms with E-state index in [0.29, 0.717) is 40.9 Å². The number of hydrogen-bond donors (Lipinski definition) is 1. The minimum Gasteiger partial charge on any atom is -0.481 e. The number of ether oxygens (including phenoxy) is 1. The number of halogens is 2. The molecule has 3 aliphatic rings. The standard InChI is InChI=1S/C33H34Cl2N2O5S/c34-23-13-20(14-24(35)15-23)12-21-8-4-2-1-3-5-9-22-17-33(22,31(40)41)18-28(38)27-16-25(19-37(27)30(21)39)42-32-36-26-10-6-7-11-29(26)43-32/h5-7,9-11,13-15,21-22,25,27H,1-4,8,12,16-19H2,(H,40,41)/b9-5-/t21-,22+,25-,27+,33-/m1/s1. The molecule has 6 rings (SSSR count). The molecule has 1 saturated heterocycles. The number of aliphatic carboxylic acids is 1. The Morgan fingerprint density at radius 2 is 1.91 bits per heavy atom. The van der Waals surface area contributed by atoms with Crippen LogP contribution in [0.5, 0.6) is 5.19 Å². The topological polar surface area (TPSA) is 96.8 Å². The Labute approximate surface area is 264 Å². The largest absolute Gasteiger partial charge is 0.481 e. The highest BCUT2D eigenvalue weighted by molar-refractivity contribution is 7.20. The second kappa shape index (κ2) is 12.6. The molecule has 43 heavy (non-hydrogen) atoms. The van der Waals surface area contributed by atoms with Gasteiger partial charge in [0, 0.05) is 28.8 Å². The van der Waals surface area contributed by atoms with Crippen molar-refractivity contribution in [3.63, 3.8) is 0 Å². The molecule has 3 heterocycles. The van der Waals surface area contributed by atoms with E-state index >= 15 is 0 Å². The van der Waals surface area contributed by atoms with E-state index in [2.05, 4.69) is 11.1 Å². The number of fused-ring (bicyclic) bond motifs is 3. The molecule has 1 aliphatic carbocycles. The number of ketones is 1. The van der Waals surface area contributed by atoms with Crippen LogP contribution in [0.4, 0.5) is 0 Å². The minimum atomic E-state index is -1.11. The monoisotopic (exact) mass is 640 g/mol. The number of carboxylic acid groups (broad SMARTS) is 1. The molecule has 1 saturated carbocycles. The Hall–Kier alpha value is -2.94. The molecule has 226 valence electrons. The summed E-state index contributed by atoms with van der Waals surface area (Å²) < 4.78 is 7.29. The van der Waals surface area contributed by atoms with Gasteiger partial charge in [0.1, 0.15) is 6.10 Å². The number of rotatable bonds is 5. The first-order valence-corrected chi connectivity index (χ1v) is 16.5. The molecule has 0 spiro atoms. The maximum Gasteiger partial charge on any atom is 0.310 e. The van der Waals surface area contributed by atoms with Crippen molar-refractivity contribution < 1.29 is 24.2 Å². The van der Waals surface area contributed by atoms with Crippen molar-refractivity contribution in [1.82, 2.24) is 9.88 Å². The van der Waals surface area contributed by atoms with Gasteiger partial charge in [0.05, 0.1) is 28.2 Å². The average Bonchev–Trinajstić information content (AvgIpc) is 3.28. The highest BCUT2D eigenvalue weighted by Gasteiger charge is 2.61. The highest BCUT2D eigenvalue weighted by atomic mass is 35.5. The van der Waals surface area contributed by atoms with Crippen molar-refractivity contribution in [2.24, 2.45) is 17.3 Å². The molecule has 1 amide bonds. The second-order valence-electron chi connectivity index (χ2n) is 12.1. The molecule has 2 aliphatic heterocycles. The third-order valence-corrected chi connectivity index (χ3v) is 10.4. The predicted molar refractivity (Wildman–Crippen MR) is 168 cm³/mol. The van der Waals surface area contributed by atoms with Gasteiger partial charge in [0.15, 0.2) is 5.78 Å². The lowest BCUT2D eigenvalue weighted by Gasteiger charge is -2.29. The van der Waals surface area contributed by atoms with Crippen LogP contribution in [-0.2, 0) is 20.8 Å². The van der Waals surface area contributed by atoms with Gasteiger partial charge in [-0.1, -0.05) is 71.7 Å². The fourth-order valence-corrected chi connectivity index (χ4v) is 8.12. The Balaban J connectivity index is 1.30. The van der Waals surface area contributed by atoms with Gasteiger partial charge in [-0.3, -0.25) is 14.4 Å². The van der Waals surface area contributed by atoms with Gasteiger partial charge in [-0.15, -0.1) is 0 Å². The number of carbonyl (C=O) groups is 3. The van der Waals surface area contributed by atoms with E-state index in [1.807, 2.05) is 42.5 Å². The molecule has 2 aromatic carbocycles. The molecule has 0 unspecified atom stereocenters.